The fourth-order valence-electron chi connectivity index (χ4n) is 7.04. The van der Waals surface area contributed by atoms with E-state index in [4.69, 9.17) is 0 Å². The van der Waals surface area contributed by atoms with E-state index in [1.165, 1.54) is 51.4 Å². The van der Waals surface area contributed by atoms with Gasteiger partial charge in [0.1, 0.15) is 0 Å². The van der Waals surface area contributed by atoms with Crippen LogP contribution in [0.15, 0.2) is 11.6 Å². The van der Waals surface area contributed by atoms with Gasteiger partial charge in [0.15, 0.2) is 0 Å². The first-order valence-electron chi connectivity index (χ1n) is 10.9. The Morgan fingerprint density at radius 1 is 0.870 bits per heavy atom. The van der Waals surface area contributed by atoms with E-state index in [0.29, 0.717) is 0 Å². The van der Waals surface area contributed by atoms with Crippen LogP contribution in [-0.2, 0) is 0 Å². The molecule has 0 aromatic carbocycles. The first kappa shape index (κ1) is 16.2. The molecule has 1 radical (unpaired) electrons. The van der Waals surface area contributed by atoms with Crippen LogP contribution in [0, 0.1) is 41.9 Å². The summed E-state index contributed by atoms with van der Waals surface area (Å²) < 4.78 is 0. The molecule has 3 saturated carbocycles. The summed E-state index contributed by atoms with van der Waals surface area (Å²) in [6.07, 6.45) is 24.5. The quantitative estimate of drug-likeness (QED) is 0.380. The van der Waals surface area contributed by atoms with E-state index in [1.54, 1.807) is 32.1 Å². The minimum absolute atomic E-state index is 0.989. The lowest BCUT2D eigenvalue weighted by Gasteiger charge is -2.49. The maximum Gasteiger partial charge on any atom is -0.0172 e. The van der Waals surface area contributed by atoms with Crippen molar-refractivity contribution in [2.75, 3.05) is 0 Å². The van der Waals surface area contributed by atoms with E-state index < -0.39 is 0 Å². The van der Waals surface area contributed by atoms with Gasteiger partial charge in [-0.05, 0) is 93.3 Å². The number of hydrogen-bond acceptors (Lipinski definition) is 0. The lowest BCUT2D eigenvalue weighted by Crippen LogP contribution is -2.40. The Morgan fingerprint density at radius 2 is 1.74 bits per heavy atom. The van der Waals surface area contributed by atoms with Crippen LogP contribution in [0.2, 0.25) is 0 Å². The maximum atomic E-state index is 2.69. The predicted molar refractivity (Wildman–Crippen MR) is 99.0 cm³/mol. The zero-order valence-corrected chi connectivity index (χ0v) is 15.3. The van der Waals surface area contributed by atoms with Crippen molar-refractivity contribution >= 4 is 0 Å². The first-order valence-corrected chi connectivity index (χ1v) is 10.9. The molecule has 129 valence electrons. The number of fused-ring (bicyclic) bond motifs is 5. The van der Waals surface area contributed by atoms with E-state index in [0.717, 1.165) is 35.5 Å². The molecule has 0 heterocycles. The van der Waals surface area contributed by atoms with Crippen LogP contribution in [0.3, 0.4) is 0 Å². The van der Waals surface area contributed by atoms with Crippen LogP contribution in [0.25, 0.3) is 0 Å². The summed E-state index contributed by atoms with van der Waals surface area (Å²) in [5.41, 5.74) is 1.84. The Labute approximate surface area is 144 Å². The van der Waals surface area contributed by atoms with Gasteiger partial charge in [-0.3, -0.25) is 0 Å². The highest BCUT2D eigenvalue weighted by molar-refractivity contribution is 5.20. The molecule has 0 N–H and O–H groups in total. The molecule has 0 unspecified atom stereocenters. The molecule has 0 aromatic heterocycles. The molecular formula is C23H37. The van der Waals surface area contributed by atoms with Crippen LogP contribution in [-0.4, -0.2) is 0 Å². The van der Waals surface area contributed by atoms with Gasteiger partial charge in [0.05, 0.1) is 0 Å². The van der Waals surface area contributed by atoms with Crippen molar-refractivity contribution in [3.63, 3.8) is 0 Å². The van der Waals surface area contributed by atoms with Crippen molar-refractivity contribution in [3.8, 4) is 0 Å². The smallest absolute Gasteiger partial charge is 0.0172 e. The predicted octanol–water partition coefficient (Wildman–Crippen LogP) is 6.96. The number of allylic oxidation sites excluding steroid dienone is 2. The number of rotatable bonds is 5. The normalized spacial score (nSPS) is 42.6. The molecule has 0 nitrogen and oxygen atoms in total. The summed E-state index contributed by atoms with van der Waals surface area (Å²) in [6.45, 7) is 2.33. The Balaban J connectivity index is 1.39. The molecule has 0 amide bonds. The van der Waals surface area contributed by atoms with Crippen molar-refractivity contribution < 1.29 is 0 Å². The van der Waals surface area contributed by atoms with E-state index in [9.17, 15) is 0 Å². The average molecular weight is 314 g/mol. The van der Waals surface area contributed by atoms with Gasteiger partial charge in [-0.2, -0.15) is 0 Å². The van der Waals surface area contributed by atoms with Gasteiger partial charge >= 0.3 is 0 Å². The molecular weight excluding hydrogens is 276 g/mol. The molecule has 23 heavy (non-hydrogen) atoms. The zero-order chi connectivity index (χ0) is 15.6. The molecule has 4 rings (SSSR count). The molecule has 4 aliphatic carbocycles. The Morgan fingerprint density at radius 3 is 2.65 bits per heavy atom. The molecule has 0 aliphatic heterocycles. The summed E-state index contributed by atoms with van der Waals surface area (Å²) in [4.78, 5) is 0. The van der Waals surface area contributed by atoms with E-state index in [2.05, 4.69) is 19.4 Å². The Kier molecular flexibility index (Phi) is 5.16. The highest BCUT2D eigenvalue weighted by Crippen LogP contribution is 2.58. The average Bonchev–Trinajstić information content (AvgIpc) is 3.02. The Bertz CT molecular complexity index is 420. The third-order valence-corrected chi connectivity index (χ3v) is 8.10. The van der Waals surface area contributed by atoms with E-state index in [-0.39, 0.29) is 0 Å². The summed E-state index contributed by atoms with van der Waals surface area (Å²) in [5, 5.41) is 0. The topological polar surface area (TPSA) is 0 Å². The SMILES string of the molecule is CCCCCC[C@H]1CC[C@H]2[C@@H]3CC=C4C[CH]CC[C@@H]4[C@H]3CC[C@H]12. The van der Waals surface area contributed by atoms with Gasteiger partial charge in [0.25, 0.3) is 0 Å². The van der Waals surface area contributed by atoms with Crippen molar-refractivity contribution in [1.82, 2.24) is 0 Å². The minimum Gasteiger partial charge on any atom is -0.0847 e. The second kappa shape index (κ2) is 7.32. The van der Waals surface area contributed by atoms with Crippen LogP contribution < -0.4 is 0 Å². The molecule has 6 atom stereocenters. The van der Waals surface area contributed by atoms with E-state index in [1.807, 2.05) is 5.57 Å². The summed E-state index contributed by atoms with van der Waals surface area (Å²) in [6, 6.07) is 0. The molecule has 0 bridgehead atoms. The van der Waals surface area contributed by atoms with Gasteiger partial charge < -0.3 is 0 Å². The van der Waals surface area contributed by atoms with Gasteiger partial charge in [0, 0.05) is 0 Å². The van der Waals surface area contributed by atoms with Crippen molar-refractivity contribution in [1.29, 1.82) is 0 Å². The van der Waals surface area contributed by atoms with Crippen molar-refractivity contribution in [2.45, 2.75) is 90.4 Å². The molecule has 3 fully saturated rings. The van der Waals surface area contributed by atoms with Crippen LogP contribution in [0.5, 0.6) is 0 Å². The van der Waals surface area contributed by atoms with Gasteiger partial charge in [0.2, 0.25) is 0 Å². The van der Waals surface area contributed by atoms with Crippen molar-refractivity contribution in [2.24, 2.45) is 35.5 Å². The third-order valence-electron chi connectivity index (χ3n) is 8.10. The molecule has 0 spiro atoms. The fourth-order valence-corrected chi connectivity index (χ4v) is 7.04. The van der Waals surface area contributed by atoms with Gasteiger partial charge in [-0.15, -0.1) is 0 Å². The van der Waals surface area contributed by atoms with Crippen LogP contribution >= 0.6 is 0 Å². The van der Waals surface area contributed by atoms with Gasteiger partial charge in [-0.1, -0.05) is 50.7 Å². The van der Waals surface area contributed by atoms with Crippen LogP contribution in [0.1, 0.15) is 90.4 Å². The lowest BCUT2D eigenvalue weighted by atomic mass is 9.56. The highest BCUT2D eigenvalue weighted by atomic mass is 14.5. The van der Waals surface area contributed by atoms with E-state index >= 15 is 0 Å². The first-order chi connectivity index (χ1) is 11.4. The zero-order valence-electron chi connectivity index (χ0n) is 15.3. The fraction of sp³-hybridized carbons (Fsp3) is 0.870. The second-order valence-electron chi connectivity index (χ2n) is 9.11. The standard InChI is InChI=1S/C23H37/c1-2-3-4-5-8-18-11-13-21-20(18)15-16-22-19-10-7-6-9-17(19)12-14-23(21)22/h6,12,18-23H,2-5,7-11,13-16H2,1H3/t18-,19-,20+,21+,22+,23-/m0/s1. The number of unbranched alkanes of at least 4 members (excludes halogenated alkanes) is 3. The van der Waals surface area contributed by atoms with Gasteiger partial charge in [-0.25, -0.2) is 0 Å². The molecule has 0 saturated heterocycles. The summed E-state index contributed by atoms with van der Waals surface area (Å²) >= 11 is 0. The minimum atomic E-state index is 0.989. The molecule has 0 heteroatoms. The highest BCUT2D eigenvalue weighted by Gasteiger charge is 2.48. The third kappa shape index (κ3) is 3.16. The lowest BCUT2D eigenvalue weighted by molar-refractivity contribution is 0.0517. The monoisotopic (exact) mass is 313 g/mol. The largest absolute Gasteiger partial charge is 0.0847 e. The van der Waals surface area contributed by atoms with Crippen LogP contribution in [0.4, 0.5) is 0 Å². The molecule has 0 aromatic rings. The van der Waals surface area contributed by atoms with Crippen molar-refractivity contribution in [3.05, 3.63) is 18.1 Å². The Hall–Kier alpha value is -0.260. The molecule has 4 aliphatic rings. The second-order valence-corrected chi connectivity index (χ2v) is 9.11. The number of hydrogen-bond donors (Lipinski definition) is 0. The summed E-state index contributed by atoms with van der Waals surface area (Å²) in [7, 11) is 0. The maximum absolute atomic E-state index is 2.69. The summed E-state index contributed by atoms with van der Waals surface area (Å²) in [5.74, 6) is 6.45.